The first kappa shape index (κ1) is 22.2. The number of methoxy groups -OCH3 is 1. The lowest BCUT2D eigenvalue weighted by molar-refractivity contribution is 0.266. The topological polar surface area (TPSA) is 91.6 Å². The number of aliphatic hydroxyl groups excluding tert-OH is 1. The monoisotopic (exact) mass is 466 g/mol. The Morgan fingerprint density at radius 3 is 2.76 bits per heavy atom. The average Bonchev–Trinajstić information content (AvgIpc) is 3.32. The minimum absolute atomic E-state index is 0.00128. The molecule has 176 valence electrons. The highest BCUT2D eigenvalue weighted by molar-refractivity contribution is 6.01. The number of halogens is 2. The quantitative estimate of drug-likeness (QED) is 0.452. The van der Waals surface area contributed by atoms with Crippen molar-refractivity contribution in [1.29, 1.82) is 0 Å². The number of aryl methyl sites for hydroxylation is 1. The Morgan fingerprint density at radius 1 is 1.21 bits per heavy atom. The summed E-state index contributed by atoms with van der Waals surface area (Å²) in [6.07, 6.45) is 3.52. The zero-order valence-corrected chi connectivity index (χ0v) is 18.8. The van der Waals surface area contributed by atoms with Crippen LogP contribution in [-0.4, -0.2) is 51.5 Å². The summed E-state index contributed by atoms with van der Waals surface area (Å²) in [6, 6.07) is 5.64. The number of nitrogens with zero attached hydrogens (tertiary/aromatic N) is 4. The third-order valence-electron chi connectivity index (χ3n) is 6.45. The molecule has 3 heterocycles. The summed E-state index contributed by atoms with van der Waals surface area (Å²) in [6.45, 7) is 2.42. The fourth-order valence-corrected chi connectivity index (χ4v) is 4.86. The first-order chi connectivity index (χ1) is 16.5. The van der Waals surface area contributed by atoms with Crippen molar-refractivity contribution in [2.24, 2.45) is 0 Å². The molecule has 0 aliphatic carbocycles. The zero-order chi connectivity index (χ0) is 24.0. The molecule has 0 amide bonds. The van der Waals surface area contributed by atoms with Crippen LogP contribution in [0.4, 0.5) is 14.6 Å². The Kier molecular flexibility index (Phi) is 5.65. The second kappa shape index (κ2) is 8.64. The summed E-state index contributed by atoms with van der Waals surface area (Å²) in [4.78, 5) is 15.0. The first-order valence-corrected chi connectivity index (χ1v) is 11.2. The lowest BCUT2D eigenvalue weighted by Gasteiger charge is -2.25. The Labute approximate surface area is 194 Å². The first-order valence-electron chi connectivity index (χ1n) is 11.2. The molecule has 1 unspecified atom stereocenters. The molecule has 0 radical (unpaired) electrons. The Morgan fingerprint density at radius 2 is 2.03 bits per heavy atom. The van der Waals surface area contributed by atoms with Gasteiger partial charge in [-0.25, -0.2) is 8.78 Å². The predicted octanol–water partition coefficient (Wildman–Crippen LogP) is 4.36. The van der Waals surface area contributed by atoms with Crippen molar-refractivity contribution < 1.29 is 23.7 Å². The lowest BCUT2D eigenvalue weighted by Crippen LogP contribution is -2.33. The molecule has 1 fully saturated rings. The van der Waals surface area contributed by atoms with Gasteiger partial charge in [0.1, 0.15) is 28.6 Å². The average molecular weight is 466 g/mol. The largest absolute Gasteiger partial charge is 0.508 e. The van der Waals surface area contributed by atoms with Gasteiger partial charge < -0.3 is 19.8 Å². The number of ether oxygens (including phenoxy) is 1. The Hall–Kier alpha value is -3.59. The molecule has 0 spiro atoms. The number of fused-ring (bicyclic) bond motifs is 2. The predicted molar refractivity (Wildman–Crippen MR) is 125 cm³/mol. The van der Waals surface area contributed by atoms with E-state index in [1.807, 2.05) is 11.8 Å². The number of pyridine rings is 1. The standard InChI is InChI=1S/C25H24F2N4O3/c1-3-16-19(26)7-6-13-9-15(33)10-17(20(13)16)22-21(27)23-18(11-28-22)24(30-25(29-23)34-2)31-8-4-5-14(31)12-32/h6-7,9-11,14,32-33H,3-5,8,12H2,1-2H3. The molecule has 1 aliphatic heterocycles. The molecule has 2 N–H and O–H groups in total. The van der Waals surface area contributed by atoms with Crippen molar-refractivity contribution in [3.05, 3.63) is 47.7 Å². The van der Waals surface area contributed by atoms with E-state index in [0.29, 0.717) is 40.5 Å². The lowest BCUT2D eigenvalue weighted by atomic mass is 9.94. The fraction of sp³-hybridized carbons (Fsp3) is 0.320. The van der Waals surface area contributed by atoms with Crippen LogP contribution in [0.1, 0.15) is 25.3 Å². The molecule has 34 heavy (non-hydrogen) atoms. The van der Waals surface area contributed by atoms with Gasteiger partial charge in [0.05, 0.1) is 25.1 Å². The Bertz CT molecular complexity index is 1410. The van der Waals surface area contributed by atoms with Gasteiger partial charge in [0.15, 0.2) is 5.82 Å². The number of anilines is 1. The Balaban J connectivity index is 1.80. The van der Waals surface area contributed by atoms with Crippen LogP contribution in [0.25, 0.3) is 32.9 Å². The summed E-state index contributed by atoms with van der Waals surface area (Å²) in [5.74, 6) is -0.769. The van der Waals surface area contributed by atoms with Crippen LogP contribution in [0.3, 0.4) is 0 Å². The van der Waals surface area contributed by atoms with E-state index < -0.39 is 11.6 Å². The molecule has 1 aliphatic rings. The number of hydrogen-bond acceptors (Lipinski definition) is 7. The van der Waals surface area contributed by atoms with E-state index in [9.17, 15) is 14.6 Å². The maximum Gasteiger partial charge on any atom is 0.318 e. The molecule has 2 aromatic heterocycles. The number of aliphatic hydroxyl groups is 1. The van der Waals surface area contributed by atoms with Crippen molar-refractivity contribution in [3.8, 4) is 23.0 Å². The highest BCUT2D eigenvalue weighted by atomic mass is 19.1. The maximum atomic E-state index is 16.1. The van der Waals surface area contributed by atoms with E-state index in [1.54, 1.807) is 6.07 Å². The summed E-state index contributed by atoms with van der Waals surface area (Å²) in [5.41, 5.74) is 0.638. The number of phenolic OH excluding ortho intramolecular Hbond substituents is 1. The van der Waals surface area contributed by atoms with Crippen LogP contribution in [0, 0.1) is 11.6 Å². The highest BCUT2D eigenvalue weighted by Gasteiger charge is 2.29. The van der Waals surface area contributed by atoms with E-state index in [1.165, 1.54) is 31.5 Å². The molecular weight excluding hydrogens is 442 g/mol. The smallest absolute Gasteiger partial charge is 0.318 e. The fourth-order valence-electron chi connectivity index (χ4n) is 4.86. The number of aromatic nitrogens is 3. The molecule has 1 saturated heterocycles. The number of phenols is 1. The number of rotatable bonds is 5. The normalized spacial score (nSPS) is 16.0. The minimum atomic E-state index is -0.725. The van der Waals surface area contributed by atoms with Gasteiger partial charge in [-0.05, 0) is 53.8 Å². The number of hydrogen-bond donors (Lipinski definition) is 2. The van der Waals surface area contributed by atoms with E-state index in [4.69, 9.17) is 4.74 Å². The molecule has 1 atom stereocenters. The van der Waals surface area contributed by atoms with E-state index in [0.717, 1.165) is 12.8 Å². The molecule has 7 nitrogen and oxygen atoms in total. The second-order valence-corrected chi connectivity index (χ2v) is 8.36. The van der Waals surface area contributed by atoms with Gasteiger partial charge in [-0.1, -0.05) is 13.0 Å². The van der Waals surface area contributed by atoms with Crippen LogP contribution in [-0.2, 0) is 6.42 Å². The van der Waals surface area contributed by atoms with Gasteiger partial charge in [0.2, 0.25) is 0 Å². The summed E-state index contributed by atoms with van der Waals surface area (Å²) >= 11 is 0. The molecule has 4 aromatic rings. The van der Waals surface area contributed by atoms with Crippen molar-refractivity contribution in [1.82, 2.24) is 15.0 Å². The van der Waals surface area contributed by atoms with Crippen LogP contribution in [0.15, 0.2) is 30.5 Å². The molecule has 5 rings (SSSR count). The summed E-state index contributed by atoms with van der Waals surface area (Å²) in [7, 11) is 1.40. The number of benzene rings is 2. The van der Waals surface area contributed by atoms with Crippen molar-refractivity contribution >= 4 is 27.5 Å². The van der Waals surface area contributed by atoms with Crippen LogP contribution < -0.4 is 9.64 Å². The van der Waals surface area contributed by atoms with E-state index >= 15 is 4.39 Å². The molecule has 0 bridgehead atoms. The van der Waals surface area contributed by atoms with Crippen LogP contribution in [0.2, 0.25) is 0 Å². The summed E-state index contributed by atoms with van der Waals surface area (Å²) < 4.78 is 35.9. The van der Waals surface area contributed by atoms with E-state index in [2.05, 4.69) is 15.0 Å². The SMILES string of the molecule is CCc1c(F)ccc2cc(O)cc(-c3ncc4c(N5CCCC5CO)nc(OC)nc4c3F)c12. The van der Waals surface area contributed by atoms with Gasteiger partial charge >= 0.3 is 6.01 Å². The maximum absolute atomic E-state index is 16.1. The third kappa shape index (κ3) is 3.47. The molecule has 9 heteroatoms. The minimum Gasteiger partial charge on any atom is -0.508 e. The highest BCUT2D eigenvalue weighted by Crippen LogP contribution is 2.39. The van der Waals surface area contributed by atoms with Crippen LogP contribution >= 0.6 is 0 Å². The third-order valence-corrected chi connectivity index (χ3v) is 6.45. The van der Waals surface area contributed by atoms with Gasteiger partial charge in [-0.2, -0.15) is 9.97 Å². The zero-order valence-electron chi connectivity index (χ0n) is 18.8. The van der Waals surface area contributed by atoms with Crippen molar-refractivity contribution in [3.63, 3.8) is 0 Å². The van der Waals surface area contributed by atoms with Crippen molar-refractivity contribution in [2.45, 2.75) is 32.2 Å². The molecule has 2 aromatic carbocycles. The van der Waals surface area contributed by atoms with Crippen LogP contribution in [0.5, 0.6) is 11.8 Å². The van der Waals surface area contributed by atoms with Crippen molar-refractivity contribution in [2.75, 3.05) is 25.2 Å². The summed E-state index contributed by atoms with van der Waals surface area (Å²) in [5, 5.41) is 21.6. The van der Waals surface area contributed by atoms with Gasteiger partial charge in [-0.3, -0.25) is 4.98 Å². The van der Waals surface area contributed by atoms with E-state index in [-0.39, 0.29) is 41.2 Å². The van der Waals surface area contributed by atoms with Gasteiger partial charge in [0.25, 0.3) is 0 Å². The molecule has 0 saturated carbocycles. The van der Waals surface area contributed by atoms with Gasteiger partial charge in [-0.15, -0.1) is 0 Å². The second-order valence-electron chi connectivity index (χ2n) is 8.36. The van der Waals surface area contributed by atoms with Gasteiger partial charge in [0, 0.05) is 18.3 Å². The number of aromatic hydroxyl groups is 1. The molecular formula is C25H24F2N4O3.